The monoisotopic (exact) mass is 477 g/mol. The van der Waals surface area contributed by atoms with Crippen LogP contribution in [0.15, 0.2) is 70.9 Å². The molecule has 34 heavy (non-hydrogen) atoms. The molecule has 2 heterocycles. The molecule has 9 nitrogen and oxygen atoms in total. The molecule has 0 bridgehead atoms. The molecule has 0 atom stereocenters. The topological polar surface area (TPSA) is 108 Å². The first-order valence-electron chi connectivity index (χ1n) is 10.5. The van der Waals surface area contributed by atoms with E-state index in [1.807, 2.05) is 48.5 Å². The first-order chi connectivity index (χ1) is 16.6. The lowest BCUT2D eigenvalue weighted by Gasteiger charge is -2.13. The molecule has 0 unspecified atom stereocenters. The van der Waals surface area contributed by atoms with Crippen molar-refractivity contribution in [3.05, 3.63) is 76.8 Å². The molecule has 0 aliphatic rings. The molecular formula is C24H23N5O4S. The van der Waals surface area contributed by atoms with Gasteiger partial charge >= 0.3 is 0 Å². The van der Waals surface area contributed by atoms with E-state index in [1.54, 1.807) is 14.2 Å². The van der Waals surface area contributed by atoms with E-state index in [0.717, 1.165) is 5.56 Å². The summed E-state index contributed by atoms with van der Waals surface area (Å²) in [6, 6.07) is 14.8. The minimum absolute atomic E-state index is 0.0868. The number of fused-ring (bicyclic) bond motifs is 1. The van der Waals surface area contributed by atoms with Crippen LogP contribution >= 0.6 is 11.8 Å². The molecule has 0 spiro atoms. The average molecular weight is 478 g/mol. The molecule has 2 aromatic carbocycles. The van der Waals surface area contributed by atoms with Gasteiger partial charge in [-0.25, -0.2) is 15.0 Å². The number of hydrogen-bond acceptors (Lipinski definition) is 8. The van der Waals surface area contributed by atoms with E-state index in [0.29, 0.717) is 35.3 Å². The maximum atomic E-state index is 13.2. The first kappa shape index (κ1) is 23.2. The minimum atomic E-state index is -0.301. The number of carbonyl (C=O) groups is 1. The lowest BCUT2D eigenvalue weighted by molar-refractivity contribution is -0.113. The molecule has 1 N–H and O–H groups in total. The van der Waals surface area contributed by atoms with E-state index in [4.69, 9.17) is 9.47 Å². The number of rotatable bonds is 9. The number of aryl methyl sites for hydroxylation is 1. The molecule has 10 heteroatoms. The maximum Gasteiger partial charge on any atom is 0.282 e. The van der Waals surface area contributed by atoms with Crippen LogP contribution in [-0.4, -0.2) is 45.4 Å². The highest BCUT2D eigenvalue weighted by atomic mass is 32.2. The van der Waals surface area contributed by atoms with Gasteiger partial charge in [0.1, 0.15) is 0 Å². The summed E-state index contributed by atoms with van der Waals surface area (Å²) in [6.07, 6.45) is 3.49. The number of hydrogen-bond donors (Lipinski definition) is 1. The van der Waals surface area contributed by atoms with Crippen LogP contribution in [0.25, 0.3) is 11.2 Å². The summed E-state index contributed by atoms with van der Waals surface area (Å²) in [5, 5.41) is 3.24. The fourth-order valence-electron chi connectivity index (χ4n) is 3.36. The first-order valence-corrected chi connectivity index (χ1v) is 11.5. The Labute approximate surface area is 200 Å². The SMILES string of the molecule is COc1ccc(CCn2c(SCC(=O)Nc3ccccc3)nc3nccnc3c2=O)cc1OC. The highest BCUT2D eigenvalue weighted by Crippen LogP contribution is 2.28. The van der Waals surface area contributed by atoms with Gasteiger partial charge in [-0.15, -0.1) is 0 Å². The summed E-state index contributed by atoms with van der Waals surface area (Å²) in [6.45, 7) is 0.344. The van der Waals surface area contributed by atoms with Crippen molar-refractivity contribution < 1.29 is 14.3 Å². The number of benzene rings is 2. The van der Waals surface area contributed by atoms with E-state index < -0.39 is 0 Å². The molecule has 174 valence electrons. The van der Waals surface area contributed by atoms with E-state index in [1.165, 1.54) is 28.7 Å². The van der Waals surface area contributed by atoms with Gasteiger partial charge in [-0.2, -0.15) is 0 Å². The van der Waals surface area contributed by atoms with Crippen LogP contribution in [0.1, 0.15) is 5.56 Å². The van der Waals surface area contributed by atoms with Crippen LogP contribution < -0.4 is 20.3 Å². The zero-order valence-electron chi connectivity index (χ0n) is 18.7. The number of carbonyl (C=O) groups excluding carboxylic acids is 1. The molecule has 0 saturated heterocycles. The Morgan fingerprint density at radius 2 is 1.79 bits per heavy atom. The van der Waals surface area contributed by atoms with Crippen molar-refractivity contribution in [1.82, 2.24) is 19.5 Å². The third kappa shape index (κ3) is 5.34. The summed E-state index contributed by atoms with van der Waals surface area (Å²) in [5.41, 5.74) is 1.80. The van der Waals surface area contributed by atoms with E-state index in [2.05, 4.69) is 20.3 Å². The maximum absolute atomic E-state index is 13.2. The van der Waals surface area contributed by atoms with Crippen molar-refractivity contribution in [2.24, 2.45) is 0 Å². The molecule has 0 fully saturated rings. The lowest BCUT2D eigenvalue weighted by atomic mass is 10.1. The van der Waals surface area contributed by atoms with Crippen molar-refractivity contribution in [1.29, 1.82) is 0 Å². The van der Waals surface area contributed by atoms with E-state index >= 15 is 0 Å². The number of anilines is 1. The Hall–Kier alpha value is -3.92. The Bertz CT molecular complexity index is 1360. The van der Waals surface area contributed by atoms with Gasteiger partial charge in [-0.05, 0) is 36.2 Å². The molecular weight excluding hydrogens is 454 g/mol. The molecule has 4 aromatic rings. The Morgan fingerprint density at radius 1 is 1.03 bits per heavy atom. The predicted octanol–water partition coefficient (Wildman–Crippen LogP) is 3.18. The van der Waals surface area contributed by atoms with Crippen molar-refractivity contribution in [2.45, 2.75) is 18.1 Å². The standard InChI is InChI=1S/C24H23N5O4S/c1-32-18-9-8-16(14-19(18)33-2)10-13-29-23(31)21-22(26-12-11-25-21)28-24(29)34-15-20(30)27-17-6-4-3-5-7-17/h3-9,11-12,14H,10,13,15H2,1-2H3,(H,27,30). The second-order valence-electron chi connectivity index (χ2n) is 7.22. The predicted molar refractivity (Wildman–Crippen MR) is 131 cm³/mol. The summed E-state index contributed by atoms with van der Waals surface area (Å²) in [4.78, 5) is 38.5. The molecule has 0 aliphatic carbocycles. The number of thioether (sulfide) groups is 1. The zero-order chi connectivity index (χ0) is 23.9. The molecule has 4 rings (SSSR count). The van der Waals surface area contributed by atoms with Gasteiger partial charge in [0.25, 0.3) is 5.56 Å². The molecule has 2 aromatic heterocycles. The third-order valence-corrected chi connectivity index (χ3v) is 6.00. The summed E-state index contributed by atoms with van der Waals surface area (Å²) in [7, 11) is 3.16. The summed E-state index contributed by atoms with van der Waals surface area (Å²) < 4.78 is 12.2. The smallest absolute Gasteiger partial charge is 0.282 e. The molecule has 0 saturated carbocycles. The number of ether oxygens (including phenoxy) is 2. The Kier molecular flexibility index (Phi) is 7.38. The van der Waals surface area contributed by atoms with Crippen LogP contribution in [-0.2, 0) is 17.8 Å². The Balaban J connectivity index is 1.57. The quantitative estimate of drug-likeness (QED) is 0.289. The van der Waals surface area contributed by atoms with Gasteiger partial charge in [0.05, 0.1) is 20.0 Å². The van der Waals surface area contributed by atoms with Crippen LogP contribution in [0.2, 0.25) is 0 Å². The molecule has 0 aliphatic heterocycles. The number of methoxy groups -OCH3 is 2. The van der Waals surface area contributed by atoms with Crippen molar-refractivity contribution >= 4 is 34.5 Å². The van der Waals surface area contributed by atoms with Gasteiger partial charge in [-0.1, -0.05) is 36.0 Å². The highest BCUT2D eigenvalue weighted by molar-refractivity contribution is 7.99. The largest absolute Gasteiger partial charge is 0.493 e. The molecule has 0 radical (unpaired) electrons. The van der Waals surface area contributed by atoms with E-state index in [9.17, 15) is 9.59 Å². The van der Waals surface area contributed by atoms with Crippen molar-refractivity contribution in [3.8, 4) is 11.5 Å². The Morgan fingerprint density at radius 3 is 2.56 bits per heavy atom. The number of nitrogens with one attached hydrogen (secondary N) is 1. The van der Waals surface area contributed by atoms with Crippen LogP contribution in [0.4, 0.5) is 5.69 Å². The number of nitrogens with zero attached hydrogens (tertiary/aromatic N) is 4. The van der Waals surface area contributed by atoms with Crippen molar-refractivity contribution in [2.75, 3.05) is 25.3 Å². The van der Waals surface area contributed by atoms with Gasteiger partial charge < -0.3 is 14.8 Å². The van der Waals surface area contributed by atoms with Gasteiger partial charge in [0.2, 0.25) is 5.91 Å². The second kappa shape index (κ2) is 10.8. The van der Waals surface area contributed by atoms with Crippen LogP contribution in [0, 0.1) is 0 Å². The summed E-state index contributed by atoms with van der Waals surface area (Å²) in [5.74, 6) is 1.13. The van der Waals surface area contributed by atoms with E-state index in [-0.39, 0.29) is 28.4 Å². The third-order valence-electron chi connectivity index (χ3n) is 5.02. The zero-order valence-corrected chi connectivity index (χ0v) is 19.5. The van der Waals surface area contributed by atoms with Crippen LogP contribution in [0.3, 0.4) is 0 Å². The highest BCUT2D eigenvalue weighted by Gasteiger charge is 2.15. The minimum Gasteiger partial charge on any atom is -0.493 e. The normalized spacial score (nSPS) is 10.8. The van der Waals surface area contributed by atoms with Gasteiger partial charge in [0, 0.05) is 24.6 Å². The van der Waals surface area contributed by atoms with Gasteiger partial charge in [-0.3, -0.25) is 14.2 Å². The van der Waals surface area contributed by atoms with Crippen LogP contribution in [0.5, 0.6) is 11.5 Å². The second-order valence-corrected chi connectivity index (χ2v) is 8.16. The fraction of sp³-hybridized carbons (Fsp3) is 0.208. The number of para-hydroxylation sites is 1. The van der Waals surface area contributed by atoms with Gasteiger partial charge in [0.15, 0.2) is 27.8 Å². The lowest BCUT2D eigenvalue weighted by Crippen LogP contribution is -2.26. The molecule has 1 amide bonds. The number of amides is 1. The number of aromatic nitrogens is 4. The average Bonchev–Trinajstić information content (AvgIpc) is 2.87. The van der Waals surface area contributed by atoms with Crippen molar-refractivity contribution in [3.63, 3.8) is 0 Å². The fourth-order valence-corrected chi connectivity index (χ4v) is 4.18. The summed E-state index contributed by atoms with van der Waals surface area (Å²) >= 11 is 1.18.